The number of sulfonamides is 1. The predicted molar refractivity (Wildman–Crippen MR) is 112 cm³/mol. The summed E-state index contributed by atoms with van der Waals surface area (Å²) in [6.07, 6.45) is 4.60. The van der Waals surface area contributed by atoms with Crippen molar-refractivity contribution in [3.8, 4) is 0 Å². The second-order valence-electron chi connectivity index (χ2n) is 6.86. The van der Waals surface area contributed by atoms with Gasteiger partial charge >= 0.3 is 0 Å². The van der Waals surface area contributed by atoms with Crippen LogP contribution in [0.1, 0.15) is 35.5 Å². The van der Waals surface area contributed by atoms with Crippen LogP contribution in [0.3, 0.4) is 0 Å². The van der Waals surface area contributed by atoms with E-state index in [4.69, 9.17) is 0 Å². The monoisotopic (exact) mass is 430 g/mol. The number of rotatable bonds is 9. The van der Waals surface area contributed by atoms with Gasteiger partial charge in [0.1, 0.15) is 23.2 Å². The maximum absolute atomic E-state index is 12.7. The molecule has 1 amide bonds. The maximum Gasteiger partial charge on any atom is 0.268 e. The van der Waals surface area contributed by atoms with Crippen LogP contribution in [0.25, 0.3) is 0 Å². The number of benzene rings is 1. The Labute approximate surface area is 176 Å². The third-order valence-electron chi connectivity index (χ3n) is 4.81. The van der Waals surface area contributed by atoms with Gasteiger partial charge in [0.05, 0.1) is 6.54 Å². The molecule has 1 N–H and O–H groups in total. The van der Waals surface area contributed by atoms with E-state index in [0.29, 0.717) is 31.9 Å². The summed E-state index contributed by atoms with van der Waals surface area (Å²) in [4.78, 5) is 16.7. The summed E-state index contributed by atoms with van der Waals surface area (Å²) in [6, 6.07) is 9.24. The number of nitrogens with one attached hydrogen (secondary N) is 1. The number of carbonyl (C=O) groups excluding carboxylic acids is 1. The zero-order valence-electron chi connectivity index (χ0n) is 17.3. The van der Waals surface area contributed by atoms with Gasteiger partial charge < -0.3 is 9.88 Å². The largest absolute Gasteiger partial charge is 0.347 e. The molecule has 160 valence electrons. The van der Waals surface area contributed by atoms with Gasteiger partial charge in [-0.1, -0.05) is 38.1 Å². The molecule has 0 radical (unpaired) electrons. The average molecular weight is 431 g/mol. The van der Waals surface area contributed by atoms with Crippen molar-refractivity contribution >= 4 is 15.9 Å². The van der Waals surface area contributed by atoms with Crippen LogP contribution in [0.15, 0.2) is 54.1 Å². The molecule has 0 aliphatic rings. The van der Waals surface area contributed by atoms with Crippen LogP contribution in [0, 0.1) is 0 Å². The van der Waals surface area contributed by atoms with E-state index in [1.54, 1.807) is 31.9 Å². The summed E-state index contributed by atoms with van der Waals surface area (Å²) >= 11 is 0. The van der Waals surface area contributed by atoms with Crippen molar-refractivity contribution in [3.63, 3.8) is 0 Å². The molecular weight excluding hydrogens is 404 g/mol. The summed E-state index contributed by atoms with van der Waals surface area (Å²) in [5, 5.41) is 6.95. The lowest BCUT2D eigenvalue weighted by atomic mass is 10.1. The molecule has 3 rings (SSSR count). The summed E-state index contributed by atoms with van der Waals surface area (Å²) in [5.41, 5.74) is 2.27. The van der Waals surface area contributed by atoms with E-state index in [2.05, 4.69) is 15.4 Å². The van der Waals surface area contributed by atoms with Crippen LogP contribution in [-0.2, 0) is 30.2 Å². The molecule has 9 nitrogen and oxygen atoms in total. The van der Waals surface area contributed by atoms with Gasteiger partial charge in [-0.15, -0.1) is 0 Å². The lowest BCUT2D eigenvalue weighted by Gasteiger charge is -2.17. The molecule has 30 heavy (non-hydrogen) atoms. The zero-order chi connectivity index (χ0) is 21.7. The van der Waals surface area contributed by atoms with Gasteiger partial charge in [0.25, 0.3) is 5.91 Å². The molecule has 0 spiro atoms. The maximum atomic E-state index is 12.7. The Hall–Kier alpha value is -2.98. The van der Waals surface area contributed by atoms with Crippen molar-refractivity contribution in [1.29, 1.82) is 0 Å². The molecule has 1 aromatic carbocycles. The Morgan fingerprint density at radius 2 is 1.90 bits per heavy atom. The summed E-state index contributed by atoms with van der Waals surface area (Å²) in [5.74, 6) is -0.333. The summed E-state index contributed by atoms with van der Waals surface area (Å²) in [6.45, 7) is 5.24. The Balaban J connectivity index is 1.69. The minimum Gasteiger partial charge on any atom is -0.347 e. The normalized spacial score (nSPS) is 11.7. The van der Waals surface area contributed by atoms with E-state index in [1.807, 2.05) is 24.3 Å². The van der Waals surface area contributed by atoms with E-state index in [1.165, 1.54) is 27.5 Å². The number of nitrogens with zero attached hydrogens (tertiary/aromatic N) is 5. The van der Waals surface area contributed by atoms with Crippen molar-refractivity contribution in [1.82, 2.24) is 29.0 Å². The van der Waals surface area contributed by atoms with Gasteiger partial charge in [-0.25, -0.2) is 18.1 Å². The molecule has 2 heterocycles. The molecule has 0 aliphatic carbocycles. The van der Waals surface area contributed by atoms with Gasteiger partial charge in [-0.05, 0) is 17.2 Å². The number of aryl methyl sites for hydroxylation is 1. The van der Waals surface area contributed by atoms with Crippen molar-refractivity contribution in [2.45, 2.75) is 31.8 Å². The molecule has 0 aliphatic heterocycles. The van der Waals surface area contributed by atoms with E-state index < -0.39 is 10.0 Å². The zero-order valence-corrected chi connectivity index (χ0v) is 18.1. The summed E-state index contributed by atoms with van der Waals surface area (Å²) in [7, 11) is -1.95. The highest BCUT2D eigenvalue weighted by Crippen LogP contribution is 2.18. The van der Waals surface area contributed by atoms with Gasteiger partial charge in [0.2, 0.25) is 10.0 Å². The number of carbonyl (C=O) groups is 1. The van der Waals surface area contributed by atoms with Crippen molar-refractivity contribution in [2.75, 3.05) is 13.1 Å². The minimum absolute atomic E-state index is 0.119. The van der Waals surface area contributed by atoms with Crippen molar-refractivity contribution in [3.05, 3.63) is 66.0 Å². The molecule has 0 bridgehead atoms. The first-order valence-electron chi connectivity index (χ1n) is 9.70. The molecule has 2 aromatic heterocycles. The van der Waals surface area contributed by atoms with Crippen molar-refractivity contribution in [2.24, 2.45) is 7.05 Å². The van der Waals surface area contributed by atoms with E-state index in [-0.39, 0.29) is 10.8 Å². The highest BCUT2D eigenvalue weighted by Gasteiger charge is 2.25. The lowest BCUT2D eigenvalue weighted by Crippen LogP contribution is -2.30. The van der Waals surface area contributed by atoms with Crippen LogP contribution in [0.4, 0.5) is 0 Å². The molecule has 3 aromatic rings. The molecule has 0 saturated carbocycles. The fraction of sp³-hybridized carbons (Fsp3) is 0.350. The van der Waals surface area contributed by atoms with Gasteiger partial charge in [-0.2, -0.15) is 9.40 Å². The molecule has 0 atom stereocenters. The third kappa shape index (κ3) is 4.77. The highest BCUT2D eigenvalue weighted by atomic mass is 32.2. The second-order valence-corrected chi connectivity index (χ2v) is 8.79. The second kappa shape index (κ2) is 9.23. The van der Waals surface area contributed by atoms with Crippen LogP contribution in [0.5, 0.6) is 0 Å². The number of amides is 1. The highest BCUT2D eigenvalue weighted by molar-refractivity contribution is 7.89. The first-order chi connectivity index (χ1) is 14.3. The Morgan fingerprint density at radius 1 is 1.17 bits per heavy atom. The average Bonchev–Trinajstić information content (AvgIpc) is 3.37. The fourth-order valence-corrected chi connectivity index (χ4v) is 4.76. The fourth-order valence-electron chi connectivity index (χ4n) is 3.23. The van der Waals surface area contributed by atoms with E-state index in [0.717, 1.165) is 11.1 Å². The van der Waals surface area contributed by atoms with Crippen LogP contribution in [-0.4, -0.2) is 51.1 Å². The molecule has 0 unspecified atom stereocenters. The lowest BCUT2D eigenvalue weighted by molar-refractivity contribution is 0.0942. The Bertz CT molecular complexity index is 1100. The first kappa shape index (κ1) is 21.7. The summed E-state index contributed by atoms with van der Waals surface area (Å²) < 4.78 is 30.0. The topological polar surface area (TPSA) is 102 Å². The molecule has 0 fully saturated rings. The minimum atomic E-state index is -3.61. The third-order valence-corrected chi connectivity index (χ3v) is 6.83. The van der Waals surface area contributed by atoms with Gasteiger partial charge in [0, 0.05) is 32.9 Å². The number of hydrogen-bond acceptors (Lipinski definition) is 5. The van der Waals surface area contributed by atoms with E-state index >= 15 is 0 Å². The standard InChI is InChI=1S/C20H26N6O3S/c1-4-26(5-2)30(28,29)18-10-19(24(3)13-18)20(27)22-11-16-7-6-8-17(9-16)12-25-15-21-14-23-25/h6-10,13-15H,4-5,11-12H2,1-3H3,(H,22,27). The predicted octanol–water partition coefficient (Wildman–Crippen LogP) is 1.63. The van der Waals surface area contributed by atoms with Crippen LogP contribution < -0.4 is 5.32 Å². The quantitative estimate of drug-likeness (QED) is 0.556. The molecular formula is C20H26N6O3S. The molecule has 0 saturated heterocycles. The molecule has 10 heteroatoms. The Kier molecular flexibility index (Phi) is 6.68. The van der Waals surface area contributed by atoms with Crippen LogP contribution >= 0.6 is 0 Å². The number of hydrogen-bond donors (Lipinski definition) is 1. The Morgan fingerprint density at radius 3 is 2.57 bits per heavy atom. The van der Waals surface area contributed by atoms with Crippen LogP contribution in [0.2, 0.25) is 0 Å². The van der Waals surface area contributed by atoms with Gasteiger partial charge in [-0.3, -0.25) is 4.79 Å². The number of aromatic nitrogens is 4. The van der Waals surface area contributed by atoms with Crippen molar-refractivity contribution < 1.29 is 13.2 Å². The first-order valence-corrected chi connectivity index (χ1v) is 11.1. The SMILES string of the molecule is CCN(CC)S(=O)(=O)c1cc(C(=O)NCc2cccc(Cn3cncn3)c2)n(C)c1. The van der Waals surface area contributed by atoms with Gasteiger partial charge in [0.15, 0.2) is 0 Å². The smallest absolute Gasteiger partial charge is 0.268 e. The van der Waals surface area contributed by atoms with E-state index in [9.17, 15) is 13.2 Å².